The largest absolute Gasteiger partial charge is 0.506 e. The Bertz CT molecular complexity index is 359. The SMILES string of the molecule is CCCC(C)N(C)Cc1cc(Br)c(O)c(Br)c1. The summed E-state index contributed by atoms with van der Waals surface area (Å²) in [5.41, 5.74) is 1.19. The summed E-state index contributed by atoms with van der Waals surface area (Å²) in [7, 11) is 2.13. The number of nitrogens with zero attached hydrogens (tertiary/aromatic N) is 1. The summed E-state index contributed by atoms with van der Waals surface area (Å²) < 4.78 is 1.47. The first kappa shape index (κ1) is 15.0. The lowest BCUT2D eigenvalue weighted by Gasteiger charge is -2.24. The standard InChI is InChI=1S/C13H19Br2NO/c1-4-5-9(2)16(3)8-10-6-11(14)13(17)12(15)7-10/h6-7,9,17H,4-5,8H2,1-3H3. The van der Waals surface area contributed by atoms with Crippen molar-refractivity contribution in [1.29, 1.82) is 0 Å². The highest BCUT2D eigenvalue weighted by atomic mass is 79.9. The molecule has 0 amide bonds. The molecule has 1 N–H and O–H groups in total. The molecule has 0 aliphatic heterocycles. The van der Waals surface area contributed by atoms with Crippen molar-refractivity contribution in [2.75, 3.05) is 7.05 Å². The van der Waals surface area contributed by atoms with E-state index in [0.29, 0.717) is 6.04 Å². The van der Waals surface area contributed by atoms with Crippen LogP contribution in [0.4, 0.5) is 0 Å². The molecular formula is C13H19Br2NO. The first-order valence-corrected chi connectivity index (χ1v) is 7.41. The van der Waals surface area contributed by atoms with Gasteiger partial charge in [0.05, 0.1) is 8.95 Å². The molecule has 1 aromatic rings. The summed E-state index contributed by atoms with van der Waals surface area (Å²) in [6.07, 6.45) is 2.41. The van der Waals surface area contributed by atoms with Gasteiger partial charge in [0, 0.05) is 12.6 Å². The summed E-state index contributed by atoms with van der Waals surface area (Å²) >= 11 is 6.71. The van der Waals surface area contributed by atoms with Gasteiger partial charge in [0.15, 0.2) is 0 Å². The minimum atomic E-state index is 0.262. The summed E-state index contributed by atoms with van der Waals surface area (Å²) in [6, 6.07) is 4.51. The Morgan fingerprint density at radius 2 is 1.82 bits per heavy atom. The quantitative estimate of drug-likeness (QED) is 0.829. The molecule has 0 aliphatic rings. The summed E-state index contributed by atoms with van der Waals surface area (Å²) in [5, 5.41) is 9.65. The van der Waals surface area contributed by atoms with Crippen LogP contribution in [0.25, 0.3) is 0 Å². The van der Waals surface area contributed by atoms with Crippen LogP contribution in [-0.4, -0.2) is 23.1 Å². The lowest BCUT2D eigenvalue weighted by Crippen LogP contribution is -2.28. The van der Waals surface area contributed by atoms with Gasteiger partial charge in [-0.3, -0.25) is 4.90 Å². The van der Waals surface area contributed by atoms with E-state index in [1.807, 2.05) is 12.1 Å². The molecule has 4 heteroatoms. The molecule has 0 radical (unpaired) electrons. The summed E-state index contributed by atoms with van der Waals surface area (Å²) in [4.78, 5) is 2.33. The van der Waals surface area contributed by atoms with Crippen LogP contribution in [0.15, 0.2) is 21.1 Å². The normalized spacial score (nSPS) is 13.1. The molecule has 0 fully saturated rings. The maximum atomic E-state index is 9.65. The molecule has 0 heterocycles. The van der Waals surface area contributed by atoms with E-state index >= 15 is 0 Å². The number of rotatable bonds is 5. The van der Waals surface area contributed by atoms with E-state index in [-0.39, 0.29) is 5.75 Å². The van der Waals surface area contributed by atoms with Gasteiger partial charge in [-0.1, -0.05) is 13.3 Å². The molecular weight excluding hydrogens is 346 g/mol. The molecule has 1 aromatic carbocycles. The molecule has 0 bridgehead atoms. The molecule has 1 unspecified atom stereocenters. The number of phenols is 1. The van der Waals surface area contributed by atoms with E-state index in [4.69, 9.17) is 0 Å². The number of phenolic OH excluding ortho intramolecular Hbond substituents is 1. The number of halogens is 2. The lowest BCUT2D eigenvalue weighted by atomic mass is 10.1. The van der Waals surface area contributed by atoms with Gasteiger partial charge in [0.1, 0.15) is 5.75 Å². The molecule has 0 spiro atoms. The van der Waals surface area contributed by atoms with Gasteiger partial charge in [-0.2, -0.15) is 0 Å². The summed E-state index contributed by atoms with van der Waals surface area (Å²) in [6.45, 7) is 5.34. The van der Waals surface area contributed by atoms with Crippen molar-refractivity contribution in [2.24, 2.45) is 0 Å². The van der Waals surface area contributed by atoms with Crippen LogP contribution in [0, 0.1) is 0 Å². The van der Waals surface area contributed by atoms with Crippen LogP contribution in [-0.2, 0) is 6.54 Å². The van der Waals surface area contributed by atoms with Crippen molar-refractivity contribution >= 4 is 31.9 Å². The van der Waals surface area contributed by atoms with Gasteiger partial charge >= 0.3 is 0 Å². The second kappa shape index (κ2) is 6.76. The van der Waals surface area contributed by atoms with Crippen LogP contribution in [0.2, 0.25) is 0 Å². The Morgan fingerprint density at radius 3 is 2.29 bits per heavy atom. The van der Waals surface area contributed by atoms with Crippen molar-refractivity contribution in [3.05, 3.63) is 26.6 Å². The fourth-order valence-electron chi connectivity index (χ4n) is 1.79. The lowest BCUT2D eigenvalue weighted by molar-refractivity contribution is 0.236. The highest BCUT2D eigenvalue weighted by Gasteiger charge is 2.11. The minimum Gasteiger partial charge on any atom is -0.506 e. The molecule has 2 nitrogen and oxygen atoms in total. The number of hydrogen-bond donors (Lipinski definition) is 1. The van der Waals surface area contributed by atoms with Gasteiger partial charge in [0.2, 0.25) is 0 Å². The number of benzene rings is 1. The summed E-state index contributed by atoms with van der Waals surface area (Å²) in [5.74, 6) is 0.262. The molecule has 0 saturated carbocycles. The van der Waals surface area contributed by atoms with Crippen LogP contribution in [0.3, 0.4) is 0 Å². The zero-order valence-electron chi connectivity index (χ0n) is 10.5. The molecule has 0 aliphatic carbocycles. The second-order valence-electron chi connectivity index (χ2n) is 4.46. The van der Waals surface area contributed by atoms with Crippen molar-refractivity contribution in [3.63, 3.8) is 0 Å². The molecule has 0 saturated heterocycles. The fourth-order valence-corrected chi connectivity index (χ4v) is 3.07. The maximum Gasteiger partial charge on any atom is 0.143 e. The van der Waals surface area contributed by atoms with Crippen LogP contribution in [0.5, 0.6) is 5.75 Å². The van der Waals surface area contributed by atoms with Crippen LogP contribution in [0.1, 0.15) is 32.3 Å². The predicted octanol–water partition coefficient (Wildman–Crippen LogP) is 4.54. The Kier molecular flexibility index (Phi) is 5.97. The average Bonchev–Trinajstić information content (AvgIpc) is 2.26. The monoisotopic (exact) mass is 363 g/mol. The maximum absolute atomic E-state index is 9.65. The second-order valence-corrected chi connectivity index (χ2v) is 6.17. The van der Waals surface area contributed by atoms with Gasteiger partial charge < -0.3 is 5.11 Å². The molecule has 1 atom stereocenters. The van der Waals surface area contributed by atoms with E-state index in [9.17, 15) is 5.11 Å². The minimum absolute atomic E-state index is 0.262. The fraction of sp³-hybridized carbons (Fsp3) is 0.538. The van der Waals surface area contributed by atoms with Gasteiger partial charge in [0.25, 0.3) is 0 Å². The average molecular weight is 365 g/mol. The number of aromatic hydroxyl groups is 1. The number of hydrogen-bond acceptors (Lipinski definition) is 2. The van der Waals surface area contributed by atoms with Gasteiger partial charge in [-0.05, 0) is 69.9 Å². The van der Waals surface area contributed by atoms with Crippen molar-refractivity contribution < 1.29 is 5.11 Å². The van der Waals surface area contributed by atoms with Crippen LogP contribution >= 0.6 is 31.9 Å². The smallest absolute Gasteiger partial charge is 0.143 e. The molecule has 96 valence electrons. The highest BCUT2D eigenvalue weighted by molar-refractivity contribution is 9.11. The van der Waals surface area contributed by atoms with Crippen LogP contribution < -0.4 is 0 Å². The van der Waals surface area contributed by atoms with Gasteiger partial charge in [-0.25, -0.2) is 0 Å². The Balaban J connectivity index is 2.75. The van der Waals surface area contributed by atoms with Crippen molar-refractivity contribution in [1.82, 2.24) is 4.90 Å². The Morgan fingerprint density at radius 1 is 1.29 bits per heavy atom. The van der Waals surface area contributed by atoms with E-state index in [1.165, 1.54) is 18.4 Å². The molecule has 17 heavy (non-hydrogen) atoms. The zero-order chi connectivity index (χ0) is 13.0. The highest BCUT2D eigenvalue weighted by Crippen LogP contribution is 2.33. The topological polar surface area (TPSA) is 23.5 Å². The Hall–Kier alpha value is -0.0600. The third-order valence-electron chi connectivity index (χ3n) is 2.97. The van der Waals surface area contributed by atoms with Crippen molar-refractivity contribution in [2.45, 2.75) is 39.3 Å². The predicted molar refractivity (Wildman–Crippen MR) is 79.3 cm³/mol. The Labute approximate surface area is 120 Å². The third kappa shape index (κ3) is 4.27. The van der Waals surface area contributed by atoms with Gasteiger partial charge in [-0.15, -0.1) is 0 Å². The third-order valence-corrected chi connectivity index (χ3v) is 4.18. The first-order valence-electron chi connectivity index (χ1n) is 5.82. The van der Waals surface area contributed by atoms with E-state index in [1.54, 1.807) is 0 Å². The molecule has 0 aromatic heterocycles. The van der Waals surface area contributed by atoms with E-state index < -0.39 is 0 Å². The van der Waals surface area contributed by atoms with Crippen molar-refractivity contribution in [3.8, 4) is 5.75 Å². The molecule has 1 rings (SSSR count). The van der Waals surface area contributed by atoms with E-state index in [2.05, 4.69) is 57.7 Å². The first-order chi connectivity index (χ1) is 7.95. The van der Waals surface area contributed by atoms with E-state index in [0.717, 1.165) is 15.5 Å². The zero-order valence-corrected chi connectivity index (χ0v) is 13.7.